The lowest BCUT2D eigenvalue weighted by molar-refractivity contribution is -0.155. The Labute approximate surface area is 130 Å². The minimum absolute atomic E-state index is 0.0684. The molecule has 0 radical (unpaired) electrons. The minimum atomic E-state index is -1.94. The molecule has 0 spiro atoms. The smallest absolute Gasteiger partial charge is 0.306 e. The van der Waals surface area contributed by atoms with Gasteiger partial charge in [0.1, 0.15) is 12.2 Å². The Morgan fingerprint density at radius 2 is 2.17 bits per heavy atom. The van der Waals surface area contributed by atoms with Crippen LogP contribution in [-0.2, 0) is 23.9 Å². The highest BCUT2D eigenvalue weighted by atomic mass is 19.1. The second-order valence-electron chi connectivity index (χ2n) is 5.33. The predicted octanol–water partition coefficient (Wildman–Crippen LogP) is -0.0779. The Morgan fingerprint density at radius 3 is 2.78 bits per heavy atom. The van der Waals surface area contributed by atoms with E-state index in [0.717, 1.165) is 0 Å². The molecule has 1 fully saturated rings. The summed E-state index contributed by atoms with van der Waals surface area (Å²) in [6, 6.07) is 0. The summed E-state index contributed by atoms with van der Waals surface area (Å²) in [7, 11) is 0. The van der Waals surface area contributed by atoms with Gasteiger partial charge in [0.25, 0.3) is 5.91 Å². The Morgan fingerprint density at radius 1 is 1.48 bits per heavy atom. The summed E-state index contributed by atoms with van der Waals surface area (Å²) in [6.07, 6.45) is -4.74. The average molecular weight is 333 g/mol. The van der Waals surface area contributed by atoms with Crippen molar-refractivity contribution in [3.05, 3.63) is 11.9 Å². The van der Waals surface area contributed by atoms with E-state index in [1.54, 1.807) is 12.2 Å². The number of amides is 2. The molecule has 2 N–H and O–H groups in total. The first-order valence-electron chi connectivity index (χ1n) is 7.21. The van der Waals surface area contributed by atoms with Crippen LogP contribution in [0.25, 0.3) is 0 Å². The number of hydrogen-bond donors (Lipinski definition) is 2. The fourth-order valence-corrected chi connectivity index (χ4v) is 2.54. The van der Waals surface area contributed by atoms with Gasteiger partial charge in [-0.05, 0) is 12.5 Å². The maximum absolute atomic E-state index is 14.5. The van der Waals surface area contributed by atoms with Crippen molar-refractivity contribution in [3.63, 3.8) is 0 Å². The highest BCUT2D eigenvalue weighted by Gasteiger charge is 2.52. The first kappa shape index (κ1) is 17.5. The molecule has 7 nitrogen and oxygen atoms in total. The van der Waals surface area contributed by atoms with Crippen molar-refractivity contribution in [1.29, 1.82) is 0 Å². The summed E-state index contributed by atoms with van der Waals surface area (Å²) in [5.41, 5.74) is 0. The molecule has 0 aromatic rings. The van der Waals surface area contributed by atoms with E-state index >= 15 is 0 Å². The molecule has 9 heteroatoms. The summed E-state index contributed by atoms with van der Waals surface area (Å²) in [6.45, 7) is 1.10. The largest absolute Gasteiger partial charge is 0.456 e. The van der Waals surface area contributed by atoms with E-state index < -0.39 is 60.6 Å². The van der Waals surface area contributed by atoms with E-state index in [1.165, 1.54) is 0 Å². The quantitative estimate of drug-likeness (QED) is 0.539. The molecule has 128 valence electrons. The van der Waals surface area contributed by atoms with E-state index in [9.17, 15) is 28.3 Å². The lowest BCUT2D eigenvalue weighted by Gasteiger charge is -2.23. The normalized spacial score (nSPS) is 34.1. The van der Waals surface area contributed by atoms with Crippen LogP contribution in [0.5, 0.6) is 0 Å². The summed E-state index contributed by atoms with van der Waals surface area (Å²) in [5, 5.41) is 11.0. The van der Waals surface area contributed by atoms with Crippen LogP contribution in [0.2, 0.25) is 0 Å². The Bertz CT molecular complexity index is 537. The lowest BCUT2D eigenvalue weighted by atomic mass is 9.93. The number of halogens is 2. The van der Waals surface area contributed by atoms with Crippen LogP contribution in [-0.4, -0.2) is 54.0 Å². The molecule has 2 rings (SSSR count). The van der Waals surface area contributed by atoms with Crippen LogP contribution in [0.4, 0.5) is 8.78 Å². The Hall–Kier alpha value is -1.87. The van der Waals surface area contributed by atoms with Gasteiger partial charge in [-0.25, -0.2) is 8.78 Å². The molecule has 5 atom stereocenters. The van der Waals surface area contributed by atoms with E-state index in [4.69, 9.17) is 9.47 Å². The van der Waals surface area contributed by atoms with Crippen molar-refractivity contribution in [1.82, 2.24) is 5.32 Å². The van der Waals surface area contributed by atoms with Crippen molar-refractivity contribution in [3.8, 4) is 0 Å². The molecule has 1 unspecified atom stereocenters. The van der Waals surface area contributed by atoms with Crippen molar-refractivity contribution >= 4 is 17.8 Å². The zero-order valence-corrected chi connectivity index (χ0v) is 12.3. The molecule has 0 aromatic heterocycles. The number of carbonyl (C=O) groups excluding carboxylic acids is 3. The van der Waals surface area contributed by atoms with Crippen molar-refractivity contribution < 1.29 is 37.7 Å². The van der Waals surface area contributed by atoms with Crippen LogP contribution in [0.1, 0.15) is 19.8 Å². The highest BCUT2D eigenvalue weighted by molar-refractivity contribution is 6.07. The van der Waals surface area contributed by atoms with Gasteiger partial charge in [0.2, 0.25) is 5.91 Å². The minimum Gasteiger partial charge on any atom is -0.456 e. The monoisotopic (exact) mass is 333 g/mol. The van der Waals surface area contributed by atoms with Crippen molar-refractivity contribution in [2.45, 2.75) is 44.2 Å². The van der Waals surface area contributed by atoms with Crippen molar-refractivity contribution in [2.75, 3.05) is 6.61 Å². The molecule has 23 heavy (non-hydrogen) atoms. The third kappa shape index (κ3) is 3.56. The fraction of sp³-hybridized carbons (Fsp3) is 0.643. The maximum Gasteiger partial charge on any atom is 0.306 e. The van der Waals surface area contributed by atoms with Gasteiger partial charge in [0, 0.05) is 6.42 Å². The van der Waals surface area contributed by atoms with Gasteiger partial charge in [-0.3, -0.25) is 19.7 Å². The predicted molar refractivity (Wildman–Crippen MR) is 71.3 cm³/mol. The second-order valence-corrected chi connectivity index (χ2v) is 5.33. The van der Waals surface area contributed by atoms with Gasteiger partial charge in [-0.15, -0.1) is 0 Å². The summed E-state index contributed by atoms with van der Waals surface area (Å²) in [5.74, 6) is -5.40. The molecule has 0 saturated carbocycles. The van der Waals surface area contributed by atoms with Gasteiger partial charge < -0.3 is 14.6 Å². The van der Waals surface area contributed by atoms with Gasteiger partial charge in [0.15, 0.2) is 18.1 Å². The maximum atomic E-state index is 14.5. The van der Waals surface area contributed by atoms with Crippen LogP contribution in [0.15, 0.2) is 11.9 Å². The number of imide groups is 1. The van der Waals surface area contributed by atoms with Crippen LogP contribution in [0.3, 0.4) is 0 Å². The number of esters is 1. The SMILES string of the molecule is CCCC(=O)O[C@@H]1[C@@H](F)[C@H](C2C=C(F)C(=O)NC2=O)O[C@@H]1CO. The Kier molecular flexibility index (Phi) is 5.42. The van der Waals surface area contributed by atoms with E-state index in [0.29, 0.717) is 12.5 Å². The molecule has 2 aliphatic heterocycles. The molecule has 0 aliphatic carbocycles. The van der Waals surface area contributed by atoms with Crippen LogP contribution < -0.4 is 5.32 Å². The molecule has 0 aromatic carbocycles. The van der Waals surface area contributed by atoms with Crippen molar-refractivity contribution in [2.24, 2.45) is 5.92 Å². The zero-order valence-electron chi connectivity index (χ0n) is 12.3. The van der Waals surface area contributed by atoms with Crippen LogP contribution in [0, 0.1) is 5.92 Å². The van der Waals surface area contributed by atoms with Crippen LogP contribution >= 0.6 is 0 Å². The number of nitrogens with one attached hydrogen (secondary N) is 1. The molecular weight excluding hydrogens is 316 g/mol. The lowest BCUT2D eigenvalue weighted by Crippen LogP contribution is -2.46. The molecular formula is C14H17F2NO6. The van der Waals surface area contributed by atoms with E-state index in [1.807, 2.05) is 0 Å². The number of rotatable bonds is 5. The third-order valence-corrected chi connectivity index (χ3v) is 3.66. The van der Waals surface area contributed by atoms with Gasteiger partial charge >= 0.3 is 5.97 Å². The number of ether oxygens (including phenoxy) is 2. The fourth-order valence-electron chi connectivity index (χ4n) is 2.54. The van der Waals surface area contributed by atoms with Gasteiger partial charge in [-0.2, -0.15) is 0 Å². The average Bonchev–Trinajstić information content (AvgIpc) is 2.80. The van der Waals surface area contributed by atoms with Gasteiger partial charge in [-0.1, -0.05) is 6.92 Å². The van der Waals surface area contributed by atoms with Gasteiger partial charge in [0.05, 0.1) is 12.5 Å². The summed E-state index contributed by atoms with van der Waals surface area (Å²) >= 11 is 0. The first-order valence-corrected chi connectivity index (χ1v) is 7.21. The summed E-state index contributed by atoms with van der Waals surface area (Å²) in [4.78, 5) is 34.3. The Balaban J connectivity index is 2.17. The molecule has 1 saturated heterocycles. The number of alkyl halides is 1. The summed E-state index contributed by atoms with van der Waals surface area (Å²) < 4.78 is 38.1. The first-order chi connectivity index (χ1) is 10.9. The van der Waals surface area contributed by atoms with E-state index in [2.05, 4.69) is 0 Å². The third-order valence-electron chi connectivity index (χ3n) is 3.66. The standard InChI is InChI=1S/C14H17F2NO6/c1-2-3-9(19)23-12-8(5-18)22-11(10(12)16)6-4-7(15)14(21)17-13(6)20/h4,6,8,10-12,18H,2-3,5H2,1H3,(H,17,20,21)/t6?,8-,10+,11+,12+/m1/s1. The number of hydrogen-bond acceptors (Lipinski definition) is 6. The molecule has 2 heterocycles. The molecule has 2 amide bonds. The number of carbonyl (C=O) groups is 3. The second kappa shape index (κ2) is 7.14. The number of aliphatic hydroxyl groups excluding tert-OH is 1. The van der Waals surface area contributed by atoms with E-state index in [-0.39, 0.29) is 6.42 Å². The molecule has 0 bridgehead atoms. The topological polar surface area (TPSA) is 102 Å². The highest BCUT2D eigenvalue weighted by Crippen LogP contribution is 2.33. The number of aliphatic hydroxyl groups is 1. The molecule has 2 aliphatic rings. The zero-order chi connectivity index (χ0) is 17.1.